The van der Waals surface area contributed by atoms with E-state index in [-0.39, 0.29) is 5.91 Å². The van der Waals surface area contributed by atoms with Crippen LogP contribution in [0.3, 0.4) is 0 Å². The highest BCUT2D eigenvalue weighted by Gasteiger charge is 2.10. The number of benzene rings is 2. The lowest BCUT2D eigenvalue weighted by molar-refractivity contribution is -0.114. The Bertz CT molecular complexity index is 818. The van der Waals surface area contributed by atoms with Crippen molar-refractivity contribution in [3.63, 3.8) is 0 Å². The molecule has 0 aliphatic heterocycles. The second kappa shape index (κ2) is 4.56. The van der Waals surface area contributed by atoms with Crippen molar-refractivity contribution in [1.29, 1.82) is 0 Å². The number of methoxy groups -OCH3 is 1. The molecule has 0 spiro atoms. The predicted molar refractivity (Wildman–Crippen MR) is 81.4 cm³/mol. The van der Waals surface area contributed by atoms with Crippen molar-refractivity contribution in [2.75, 3.05) is 12.4 Å². The normalized spacial score (nSPS) is 10.9. The molecule has 3 rings (SSSR count). The van der Waals surface area contributed by atoms with Crippen molar-refractivity contribution >= 4 is 33.4 Å². The number of carbonyl (C=O) groups excluding carboxylic acids is 1. The maximum atomic E-state index is 11.2. The van der Waals surface area contributed by atoms with E-state index < -0.39 is 0 Å². The SMILES string of the molecule is COc1ccc2[nH]c3c(C)c(NC(C)=O)ccc3c2c1. The molecule has 102 valence electrons. The fourth-order valence-corrected chi connectivity index (χ4v) is 2.54. The van der Waals surface area contributed by atoms with Gasteiger partial charge in [0.2, 0.25) is 5.91 Å². The fraction of sp³-hybridized carbons (Fsp3) is 0.188. The summed E-state index contributed by atoms with van der Waals surface area (Å²) < 4.78 is 5.28. The third-order valence-electron chi connectivity index (χ3n) is 3.55. The van der Waals surface area contributed by atoms with E-state index in [0.29, 0.717) is 0 Å². The van der Waals surface area contributed by atoms with E-state index in [2.05, 4.69) is 10.3 Å². The lowest BCUT2D eigenvalue weighted by atomic mass is 10.1. The zero-order valence-electron chi connectivity index (χ0n) is 11.7. The summed E-state index contributed by atoms with van der Waals surface area (Å²) in [6.07, 6.45) is 0. The Hall–Kier alpha value is -2.49. The molecule has 3 aromatic rings. The van der Waals surface area contributed by atoms with Gasteiger partial charge in [-0.2, -0.15) is 0 Å². The first-order valence-electron chi connectivity index (χ1n) is 6.47. The van der Waals surface area contributed by atoms with Crippen LogP contribution in [0, 0.1) is 6.92 Å². The van der Waals surface area contributed by atoms with Crippen molar-refractivity contribution in [1.82, 2.24) is 4.98 Å². The number of aromatic amines is 1. The molecule has 0 fully saturated rings. The van der Waals surface area contributed by atoms with Gasteiger partial charge in [-0.25, -0.2) is 0 Å². The maximum absolute atomic E-state index is 11.2. The van der Waals surface area contributed by atoms with Gasteiger partial charge in [-0.05, 0) is 36.8 Å². The van der Waals surface area contributed by atoms with Crippen LogP contribution >= 0.6 is 0 Å². The van der Waals surface area contributed by atoms with E-state index in [0.717, 1.165) is 38.8 Å². The molecule has 20 heavy (non-hydrogen) atoms. The molecule has 0 saturated carbocycles. The number of anilines is 1. The van der Waals surface area contributed by atoms with Gasteiger partial charge in [-0.1, -0.05) is 6.07 Å². The first kappa shape index (κ1) is 12.5. The lowest BCUT2D eigenvalue weighted by Gasteiger charge is -2.07. The molecule has 1 amide bonds. The molecule has 2 aromatic carbocycles. The molecule has 0 atom stereocenters. The Morgan fingerprint density at radius 2 is 2.00 bits per heavy atom. The topological polar surface area (TPSA) is 54.1 Å². The van der Waals surface area contributed by atoms with Crippen molar-refractivity contribution in [3.8, 4) is 5.75 Å². The van der Waals surface area contributed by atoms with Gasteiger partial charge in [0.25, 0.3) is 0 Å². The molecule has 1 heterocycles. The van der Waals surface area contributed by atoms with Gasteiger partial charge in [0.1, 0.15) is 5.75 Å². The van der Waals surface area contributed by atoms with Crippen LogP contribution in [0.25, 0.3) is 21.8 Å². The molecular formula is C16H16N2O2. The molecule has 0 aliphatic rings. The molecule has 0 bridgehead atoms. The molecule has 2 N–H and O–H groups in total. The standard InChI is InChI=1S/C16H16N2O2/c1-9-14(17-10(2)19)7-5-12-13-8-11(20-3)4-6-15(13)18-16(9)12/h4-8,18H,1-3H3,(H,17,19). The van der Waals surface area contributed by atoms with Crippen LogP contribution in [0.1, 0.15) is 12.5 Å². The van der Waals surface area contributed by atoms with E-state index in [1.807, 2.05) is 37.3 Å². The second-order valence-corrected chi connectivity index (χ2v) is 4.88. The van der Waals surface area contributed by atoms with Crippen molar-refractivity contribution in [3.05, 3.63) is 35.9 Å². The van der Waals surface area contributed by atoms with E-state index >= 15 is 0 Å². The van der Waals surface area contributed by atoms with Crippen molar-refractivity contribution < 1.29 is 9.53 Å². The summed E-state index contributed by atoms with van der Waals surface area (Å²) in [5.74, 6) is 0.771. The van der Waals surface area contributed by atoms with Gasteiger partial charge in [0.15, 0.2) is 0 Å². The summed E-state index contributed by atoms with van der Waals surface area (Å²) in [7, 11) is 1.66. The monoisotopic (exact) mass is 268 g/mol. The summed E-state index contributed by atoms with van der Waals surface area (Å²) in [5.41, 5.74) is 3.97. The zero-order chi connectivity index (χ0) is 14.3. The number of hydrogen-bond acceptors (Lipinski definition) is 2. The highest BCUT2D eigenvalue weighted by molar-refractivity contribution is 6.10. The summed E-state index contributed by atoms with van der Waals surface area (Å²) >= 11 is 0. The Morgan fingerprint density at radius 3 is 2.70 bits per heavy atom. The lowest BCUT2D eigenvalue weighted by Crippen LogP contribution is -2.07. The van der Waals surface area contributed by atoms with E-state index in [9.17, 15) is 4.79 Å². The number of H-pyrrole nitrogens is 1. The minimum Gasteiger partial charge on any atom is -0.497 e. The Balaban J connectivity index is 2.28. The van der Waals surface area contributed by atoms with Crippen LogP contribution in [0.4, 0.5) is 5.69 Å². The molecule has 0 aliphatic carbocycles. The van der Waals surface area contributed by atoms with Crippen LogP contribution in [0.5, 0.6) is 5.75 Å². The number of fused-ring (bicyclic) bond motifs is 3. The second-order valence-electron chi connectivity index (χ2n) is 4.88. The summed E-state index contributed by atoms with van der Waals surface area (Å²) in [6, 6.07) is 9.91. The van der Waals surface area contributed by atoms with E-state index in [4.69, 9.17) is 4.74 Å². The molecule has 0 unspecified atom stereocenters. The fourth-order valence-electron chi connectivity index (χ4n) is 2.54. The third-order valence-corrected chi connectivity index (χ3v) is 3.55. The first-order chi connectivity index (χ1) is 9.60. The Labute approximate surface area is 116 Å². The van der Waals surface area contributed by atoms with Gasteiger partial charge in [-0.3, -0.25) is 4.79 Å². The van der Waals surface area contributed by atoms with Crippen LogP contribution in [-0.2, 0) is 4.79 Å². The summed E-state index contributed by atoms with van der Waals surface area (Å²) in [6.45, 7) is 3.51. The summed E-state index contributed by atoms with van der Waals surface area (Å²) in [5, 5.41) is 5.10. The summed E-state index contributed by atoms with van der Waals surface area (Å²) in [4.78, 5) is 14.6. The van der Waals surface area contributed by atoms with Gasteiger partial charge < -0.3 is 15.0 Å². The number of amides is 1. The molecular weight excluding hydrogens is 252 g/mol. The van der Waals surface area contributed by atoms with Crippen LogP contribution in [-0.4, -0.2) is 18.0 Å². The first-order valence-corrected chi connectivity index (χ1v) is 6.47. The molecule has 1 aromatic heterocycles. The van der Waals surface area contributed by atoms with Crippen LogP contribution in [0.15, 0.2) is 30.3 Å². The molecule has 4 nitrogen and oxygen atoms in total. The highest BCUT2D eigenvalue weighted by atomic mass is 16.5. The largest absolute Gasteiger partial charge is 0.497 e. The number of hydrogen-bond donors (Lipinski definition) is 2. The van der Waals surface area contributed by atoms with Gasteiger partial charge in [-0.15, -0.1) is 0 Å². The molecule has 0 radical (unpaired) electrons. The molecule has 4 heteroatoms. The highest BCUT2D eigenvalue weighted by Crippen LogP contribution is 2.33. The number of aromatic nitrogens is 1. The van der Waals surface area contributed by atoms with Crippen molar-refractivity contribution in [2.45, 2.75) is 13.8 Å². The van der Waals surface area contributed by atoms with E-state index in [1.54, 1.807) is 7.11 Å². The quantitative estimate of drug-likeness (QED) is 0.746. The third kappa shape index (κ3) is 1.90. The van der Waals surface area contributed by atoms with Gasteiger partial charge in [0.05, 0.1) is 12.6 Å². The Kier molecular flexibility index (Phi) is 2.86. The van der Waals surface area contributed by atoms with Crippen LogP contribution in [0.2, 0.25) is 0 Å². The minimum atomic E-state index is -0.0646. The average molecular weight is 268 g/mol. The number of rotatable bonds is 2. The number of carbonyl (C=O) groups is 1. The maximum Gasteiger partial charge on any atom is 0.221 e. The van der Waals surface area contributed by atoms with Crippen LogP contribution < -0.4 is 10.1 Å². The number of ether oxygens (including phenoxy) is 1. The average Bonchev–Trinajstić information content (AvgIpc) is 2.80. The number of aryl methyl sites for hydroxylation is 1. The predicted octanol–water partition coefficient (Wildman–Crippen LogP) is 3.60. The molecule has 0 saturated heterocycles. The zero-order valence-corrected chi connectivity index (χ0v) is 11.7. The number of nitrogens with one attached hydrogen (secondary N) is 2. The van der Waals surface area contributed by atoms with E-state index in [1.165, 1.54) is 6.92 Å². The smallest absolute Gasteiger partial charge is 0.221 e. The Morgan fingerprint density at radius 1 is 1.20 bits per heavy atom. The minimum absolute atomic E-state index is 0.0646. The van der Waals surface area contributed by atoms with Crippen molar-refractivity contribution in [2.24, 2.45) is 0 Å². The van der Waals surface area contributed by atoms with Gasteiger partial charge in [0, 0.05) is 28.9 Å². The van der Waals surface area contributed by atoms with Gasteiger partial charge >= 0.3 is 0 Å².